The molecule has 33 heteroatoms. The van der Waals surface area contributed by atoms with Gasteiger partial charge < -0.3 is 108 Å². The lowest BCUT2D eigenvalue weighted by Crippen LogP contribution is -2.61. The maximum Gasteiger partial charge on any atom is 0.246 e. The van der Waals surface area contributed by atoms with Gasteiger partial charge in [0.2, 0.25) is 70.9 Å². The molecule has 1 aliphatic heterocycles. The maximum absolute atomic E-state index is 15.0. The van der Waals surface area contributed by atoms with E-state index in [1.807, 2.05) is 51.1 Å². The van der Waals surface area contributed by atoms with Gasteiger partial charge in [-0.15, -0.1) is 0 Å². The second-order valence-corrected chi connectivity index (χ2v) is 26.9. The van der Waals surface area contributed by atoms with Crippen molar-refractivity contribution in [2.45, 2.75) is 190 Å². The van der Waals surface area contributed by atoms with Crippen LogP contribution in [-0.4, -0.2) is 195 Å². The number of hydrogen-bond donors (Lipinski definition) is 19. The first-order valence-electron chi connectivity index (χ1n) is 35.5. The molecule has 578 valence electrons. The first-order chi connectivity index (χ1) is 50.4. The number of carbonyl (C=O) groups excluding carboxylic acids is 12. The summed E-state index contributed by atoms with van der Waals surface area (Å²) in [6.45, 7) is 6.24. The normalized spacial score (nSPS) is 15.7. The molecule has 0 spiro atoms. The summed E-state index contributed by atoms with van der Waals surface area (Å²) in [5.41, 5.74) is 36.7. The standard InChI is InChI=1S/C73H105N17O16/c1-5-42(4)61(89-63(97)50(75)36-43-13-7-6-8-14-43)71(105)86-55(35-41(2)3)67(101)82-51(15-9-10-32-74)64(98)81-52(16-11-33-80-73(78)79)65(99)88-58(40-91)69(103)87-57(39-46-22-28-49(94)29-23-46)72(106)90-34-12-17-59(90)70(104)83-53(30-31-60(76)95)66(100)85-56(38-45-20-26-48(93)27-21-45)68(102)84-54(62(77)96)37-44-18-24-47(92)25-19-44/h6-8,13-14,18-29,41-42,50-59,61,91-94H,5,9-12,15-17,30-40,74-75H2,1-4H3,(H2,76,95)(H2,77,96)(H,81,98)(H,82,101)(H,83,104)(H,84,102)(H,85,100)(H,86,105)(H,87,103)(H,88,99)(H,89,97)(H4,78,79,80)/t42-,50-,51-,52-,53-,54-,55-,56-,57-,58-,59-,61-/m0/s1. The van der Waals surface area contributed by atoms with Crippen molar-refractivity contribution in [3.8, 4) is 17.2 Å². The largest absolute Gasteiger partial charge is 0.508 e. The Hall–Kier alpha value is -10.9. The molecule has 4 aromatic rings. The van der Waals surface area contributed by atoms with E-state index in [2.05, 4.69) is 52.8 Å². The van der Waals surface area contributed by atoms with Gasteiger partial charge in [0.15, 0.2) is 5.96 Å². The van der Waals surface area contributed by atoms with Gasteiger partial charge in [0.05, 0.1) is 12.6 Å². The lowest BCUT2D eigenvalue weighted by molar-refractivity contribution is -0.142. The van der Waals surface area contributed by atoms with Crippen LogP contribution in [0.1, 0.15) is 121 Å². The number of guanidine groups is 1. The summed E-state index contributed by atoms with van der Waals surface area (Å²) in [4.78, 5) is 174. The van der Waals surface area contributed by atoms with Crippen molar-refractivity contribution in [2.75, 3.05) is 26.2 Å². The Morgan fingerprint density at radius 2 is 0.943 bits per heavy atom. The molecule has 0 aliphatic carbocycles. The molecule has 25 N–H and O–H groups in total. The number of aliphatic hydroxyl groups is 1. The first-order valence-corrected chi connectivity index (χ1v) is 35.5. The average Bonchev–Trinajstić information content (AvgIpc) is 1.75. The van der Waals surface area contributed by atoms with Crippen molar-refractivity contribution in [2.24, 2.45) is 51.2 Å². The monoisotopic (exact) mass is 1480 g/mol. The number of phenols is 3. The SMILES string of the molecule is CC[C@H](C)[C@H](NC(=O)[C@@H](N)Cc1ccccc1)C(=O)N[C@@H](CC(C)C)C(=O)N[C@@H](CCCCN)C(=O)N[C@@H](CCCN=C(N)N)C(=O)N[C@@H](CO)C(=O)N[C@@H](Cc1ccc(O)cc1)C(=O)N1CCC[C@H]1C(=O)N[C@@H](CCC(N)=O)C(=O)N[C@@H](Cc1ccc(O)cc1)C(=O)N[C@@H](Cc1ccc(O)cc1)C(N)=O. The van der Waals surface area contributed by atoms with E-state index in [0.717, 1.165) is 10.5 Å². The number of aliphatic hydroxyl groups excluding tert-OH is 1. The third kappa shape index (κ3) is 28.6. The molecular weight excluding hydrogens is 1370 g/mol. The van der Waals surface area contributed by atoms with Crippen LogP contribution in [0.5, 0.6) is 17.2 Å². The summed E-state index contributed by atoms with van der Waals surface area (Å²) in [5, 5.41) is 64.6. The van der Waals surface area contributed by atoms with Crippen molar-refractivity contribution in [3.63, 3.8) is 0 Å². The van der Waals surface area contributed by atoms with Gasteiger partial charge in [-0.1, -0.05) is 101 Å². The highest BCUT2D eigenvalue weighted by Gasteiger charge is 2.41. The average molecular weight is 1480 g/mol. The van der Waals surface area contributed by atoms with Crippen LogP contribution in [0.25, 0.3) is 0 Å². The number of nitrogens with two attached hydrogens (primary N) is 6. The van der Waals surface area contributed by atoms with Crippen LogP contribution in [0.2, 0.25) is 0 Å². The van der Waals surface area contributed by atoms with E-state index in [9.17, 15) is 73.2 Å². The fourth-order valence-corrected chi connectivity index (χ4v) is 11.8. The zero-order valence-corrected chi connectivity index (χ0v) is 60.3. The Kier molecular flexibility index (Phi) is 35.1. The van der Waals surface area contributed by atoms with E-state index in [1.165, 1.54) is 72.8 Å². The minimum absolute atomic E-state index is 0.00708. The predicted molar refractivity (Wildman–Crippen MR) is 392 cm³/mol. The number of aliphatic imine (C=N–C) groups is 1. The van der Waals surface area contributed by atoms with Crippen molar-refractivity contribution in [3.05, 3.63) is 125 Å². The van der Waals surface area contributed by atoms with E-state index >= 15 is 4.79 Å². The van der Waals surface area contributed by atoms with Gasteiger partial charge >= 0.3 is 0 Å². The molecule has 33 nitrogen and oxygen atoms in total. The highest BCUT2D eigenvalue weighted by atomic mass is 16.3. The Morgan fingerprint density at radius 1 is 0.500 bits per heavy atom. The van der Waals surface area contributed by atoms with Crippen molar-refractivity contribution < 1.29 is 78.0 Å². The van der Waals surface area contributed by atoms with E-state index < -0.39 is 163 Å². The van der Waals surface area contributed by atoms with Gasteiger partial charge in [0.1, 0.15) is 77.7 Å². The number of carbonyl (C=O) groups is 12. The second kappa shape index (κ2) is 43.4. The van der Waals surface area contributed by atoms with Gasteiger partial charge in [-0.3, -0.25) is 62.5 Å². The summed E-state index contributed by atoms with van der Waals surface area (Å²) in [6, 6.07) is 10.6. The number of amides is 12. The number of nitrogens with one attached hydrogen (secondary N) is 9. The Morgan fingerprint density at radius 3 is 1.44 bits per heavy atom. The molecule has 0 unspecified atom stereocenters. The topological polar surface area (TPSA) is 566 Å². The van der Waals surface area contributed by atoms with Crippen LogP contribution in [-0.2, 0) is 83.2 Å². The van der Waals surface area contributed by atoms with Crippen LogP contribution in [0.15, 0.2) is 108 Å². The number of benzene rings is 4. The van der Waals surface area contributed by atoms with E-state index in [1.54, 1.807) is 6.92 Å². The molecule has 1 heterocycles. The Bertz CT molecular complexity index is 3620. The molecule has 5 rings (SSSR count). The Labute approximate surface area is 615 Å². The molecule has 12 amide bonds. The van der Waals surface area contributed by atoms with Crippen molar-refractivity contribution in [1.29, 1.82) is 0 Å². The molecule has 0 radical (unpaired) electrons. The fraction of sp³-hybridized carbons (Fsp3) is 0.493. The van der Waals surface area contributed by atoms with Gasteiger partial charge in [0.25, 0.3) is 0 Å². The van der Waals surface area contributed by atoms with Gasteiger partial charge in [-0.05, 0) is 141 Å². The summed E-state index contributed by atoms with van der Waals surface area (Å²) in [6.07, 6.45) is -0.0186. The zero-order chi connectivity index (χ0) is 78.2. The predicted octanol–water partition coefficient (Wildman–Crippen LogP) is -2.23. The Balaban J connectivity index is 1.38. The fourth-order valence-electron chi connectivity index (χ4n) is 11.8. The molecule has 0 bridgehead atoms. The molecular formula is C73H105N17O16. The molecule has 0 aromatic heterocycles. The smallest absolute Gasteiger partial charge is 0.246 e. The van der Waals surface area contributed by atoms with Crippen LogP contribution >= 0.6 is 0 Å². The second-order valence-electron chi connectivity index (χ2n) is 26.9. The van der Waals surface area contributed by atoms with Crippen molar-refractivity contribution >= 4 is 76.8 Å². The third-order valence-electron chi connectivity index (χ3n) is 17.9. The quantitative estimate of drug-likeness (QED) is 0.0127. The number of rotatable bonds is 44. The summed E-state index contributed by atoms with van der Waals surface area (Å²) in [5.74, 6) is -11.7. The van der Waals surface area contributed by atoms with Gasteiger partial charge in [-0.25, -0.2) is 0 Å². The molecule has 0 saturated carbocycles. The van der Waals surface area contributed by atoms with Crippen molar-refractivity contribution in [1.82, 2.24) is 52.8 Å². The highest BCUT2D eigenvalue weighted by Crippen LogP contribution is 2.23. The molecule has 106 heavy (non-hydrogen) atoms. The van der Waals surface area contributed by atoms with E-state index in [0.29, 0.717) is 36.0 Å². The number of likely N-dealkylation sites (tertiary alicyclic amines) is 1. The number of primary amides is 2. The molecule has 4 aromatic carbocycles. The van der Waals surface area contributed by atoms with Crippen LogP contribution in [0.4, 0.5) is 0 Å². The first kappa shape index (κ1) is 85.7. The lowest BCUT2D eigenvalue weighted by atomic mass is 9.96. The van der Waals surface area contributed by atoms with E-state index in [-0.39, 0.29) is 113 Å². The number of nitrogens with zero attached hydrogens (tertiary/aromatic N) is 2. The third-order valence-corrected chi connectivity index (χ3v) is 17.9. The molecule has 1 saturated heterocycles. The molecule has 1 aliphatic rings. The van der Waals surface area contributed by atoms with Gasteiger partial charge in [0, 0.05) is 38.8 Å². The number of hydrogen-bond acceptors (Lipinski definition) is 19. The number of unbranched alkanes of at least 4 members (excludes halogenated alkanes) is 1. The number of aromatic hydroxyl groups is 3. The summed E-state index contributed by atoms with van der Waals surface area (Å²) in [7, 11) is 0. The van der Waals surface area contributed by atoms with Gasteiger partial charge in [-0.2, -0.15) is 0 Å². The minimum Gasteiger partial charge on any atom is -0.508 e. The molecule has 1 fully saturated rings. The van der Waals surface area contributed by atoms with Crippen LogP contribution in [0.3, 0.4) is 0 Å². The highest BCUT2D eigenvalue weighted by molar-refractivity contribution is 5.99. The van der Waals surface area contributed by atoms with E-state index in [4.69, 9.17) is 34.4 Å². The van der Waals surface area contributed by atoms with Crippen LogP contribution in [0, 0.1) is 11.8 Å². The summed E-state index contributed by atoms with van der Waals surface area (Å²) < 4.78 is 0. The molecule has 12 atom stereocenters. The maximum atomic E-state index is 15.0. The summed E-state index contributed by atoms with van der Waals surface area (Å²) >= 11 is 0. The minimum atomic E-state index is -1.84. The van der Waals surface area contributed by atoms with Crippen LogP contribution < -0.4 is 82.3 Å². The lowest BCUT2D eigenvalue weighted by Gasteiger charge is -2.31. The zero-order valence-electron chi connectivity index (χ0n) is 60.3. The number of phenolic OH excluding ortho intramolecular Hbond substituents is 3.